The fraction of sp³-hybridized carbons (Fsp3) is 0.500. The highest BCUT2D eigenvalue weighted by Crippen LogP contribution is 2.36. The van der Waals surface area contributed by atoms with Crippen molar-refractivity contribution in [3.8, 4) is 0 Å². The van der Waals surface area contributed by atoms with Crippen LogP contribution >= 0.6 is 0 Å². The van der Waals surface area contributed by atoms with E-state index in [2.05, 4.69) is 36.4 Å². The van der Waals surface area contributed by atoms with Crippen LogP contribution in [0.5, 0.6) is 0 Å². The van der Waals surface area contributed by atoms with E-state index in [-0.39, 0.29) is 12.6 Å². The van der Waals surface area contributed by atoms with Gasteiger partial charge in [-0.05, 0) is 92.3 Å². The number of rotatable bonds is 14. The number of allylic oxidation sites excluding steroid dienone is 1. The van der Waals surface area contributed by atoms with Crippen molar-refractivity contribution >= 4 is 44.4 Å². The Kier molecular flexibility index (Phi) is 11.1. The van der Waals surface area contributed by atoms with Crippen molar-refractivity contribution in [2.45, 2.75) is 116 Å². The molecule has 0 saturated carbocycles. The maximum absolute atomic E-state index is 13.0. The Labute approximate surface area is 279 Å². The predicted molar refractivity (Wildman–Crippen MR) is 189 cm³/mol. The topological polar surface area (TPSA) is 85.3 Å². The molecule has 2 atom stereocenters. The molecule has 0 radical (unpaired) electrons. The third kappa shape index (κ3) is 8.43. The fourth-order valence-electron chi connectivity index (χ4n) is 6.70. The Morgan fingerprint density at radius 3 is 2.17 bits per heavy atom. The number of carbonyl (C=O) groups is 2. The Balaban J connectivity index is 0.944. The second kappa shape index (κ2) is 15.0. The summed E-state index contributed by atoms with van der Waals surface area (Å²) in [5.41, 5.74) is -0.818. The second-order valence-corrected chi connectivity index (χ2v) is 14.3. The minimum atomic E-state index is -0.835. The number of carbonyl (C=O) groups excluding carboxylic acids is 2. The van der Waals surface area contributed by atoms with Gasteiger partial charge in [-0.3, -0.25) is 4.90 Å². The third-order valence-electron chi connectivity index (χ3n) is 9.08. The molecular weight excluding hydrogens is 590 g/mol. The zero-order valence-corrected chi connectivity index (χ0v) is 28.7. The third-order valence-corrected chi connectivity index (χ3v) is 9.08. The average molecular weight is 642 g/mol. The number of hydrogen-bond acceptors (Lipinski definition) is 6. The molecule has 5 rings (SSSR count). The molecule has 7 heteroatoms. The maximum atomic E-state index is 13.0. The Bertz CT molecular complexity index is 1670. The van der Waals surface area contributed by atoms with Crippen LogP contribution < -0.4 is 0 Å². The SMILES string of the molecule is CC(C)(C)OC(=O)N1[C@H]([C@H](O)C=CCCCCCCCCCCOC(=O)c2ccc3ccc4cccc5ccc2c3c45)COC1(C)C. The molecule has 4 aromatic carbocycles. The first-order valence-corrected chi connectivity index (χ1v) is 17.3. The molecule has 1 heterocycles. The summed E-state index contributed by atoms with van der Waals surface area (Å²) >= 11 is 0. The zero-order chi connectivity index (χ0) is 33.6. The molecule has 47 heavy (non-hydrogen) atoms. The lowest BCUT2D eigenvalue weighted by atomic mass is 9.92. The maximum Gasteiger partial charge on any atom is 0.413 e. The van der Waals surface area contributed by atoms with Gasteiger partial charge in [0.05, 0.1) is 30.9 Å². The summed E-state index contributed by atoms with van der Waals surface area (Å²) in [5.74, 6) is -0.245. The first-order chi connectivity index (χ1) is 22.5. The lowest BCUT2D eigenvalue weighted by Crippen LogP contribution is -2.53. The number of hydrogen-bond donors (Lipinski definition) is 1. The van der Waals surface area contributed by atoms with Crippen LogP contribution in [-0.2, 0) is 14.2 Å². The number of benzene rings is 4. The number of ether oxygens (including phenoxy) is 3. The monoisotopic (exact) mass is 641 g/mol. The van der Waals surface area contributed by atoms with Crippen molar-refractivity contribution in [1.82, 2.24) is 4.90 Å². The number of nitrogens with zero attached hydrogens (tertiary/aromatic N) is 1. The molecule has 252 valence electrons. The lowest BCUT2D eigenvalue weighted by Gasteiger charge is -2.36. The molecule has 1 fully saturated rings. The molecule has 0 unspecified atom stereocenters. The largest absolute Gasteiger partial charge is 0.462 e. The molecule has 4 aromatic rings. The average Bonchev–Trinajstić information content (AvgIpc) is 3.36. The van der Waals surface area contributed by atoms with Crippen molar-refractivity contribution < 1.29 is 28.9 Å². The molecule has 1 aliphatic heterocycles. The van der Waals surface area contributed by atoms with E-state index in [1.54, 1.807) is 6.08 Å². The number of unbranched alkanes of at least 4 members (excludes halogenated alkanes) is 8. The van der Waals surface area contributed by atoms with Crippen molar-refractivity contribution in [2.75, 3.05) is 13.2 Å². The summed E-state index contributed by atoms with van der Waals surface area (Å²) in [5, 5.41) is 17.6. The van der Waals surface area contributed by atoms with Gasteiger partial charge >= 0.3 is 12.1 Å². The van der Waals surface area contributed by atoms with Crippen LogP contribution in [0.1, 0.15) is 103 Å². The van der Waals surface area contributed by atoms with Crippen LogP contribution in [0.25, 0.3) is 32.3 Å². The molecule has 1 aliphatic rings. The minimum Gasteiger partial charge on any atom is -0.462 e. The van der Waals surface area contributed by atoms with Gasteiger partial charge in [0.15, 0.2) is 0 Å². The van der Waals surface area contributed by atoms with Crippen LogP contribution in [0.4, 0.5) is 4.79 Å². The number of amides is 1. The first kappa shape index (κ1) is 34.6. The van der Waals surface area contributed by atoms with E-state index in [1.807, 2.05) is 58.9 Å². The van der Waals surface area contributed by atoms with Gasteiger partial charge in [0.2, 0.25) is 0 Å². The van der Waals surface area contributed by atoms with Gasteiger partial charge in [-0.2, -0.15) is 0 Å². The molecule has 0 aliphatic carbocycles. The van der Waals surface area contributed by atoms with E-state index in [0.717, 1.165) is 54.7 Å². The van der Waals surface area contributed by atoms with Crippen LogP contribution in [0, 0.1) is 0 Å². The smallest absolute Gasteiger partial charge is 0.413 e. The normalized spacial score (nSPS) is 17.3. The van der Waals surface area contributed by atoms with Gasteiger partial charge in [0.1, 0.15) is 11.3 Å². The van der Waals surface area contributed by atoms with E-state index in [1.165, 1.54) is 40.3 Å². The van der Waals surface area contributed by atoms with Gasteiger partial charge < -0.3 is 19.3 Å². The molecule has 7 nitrogen and oxygen atoms in total. The minimum absolute atomic E-state index is 0.245. The van der Waals surface area contributed by atoms with Crippen LogP contribution in [-0.4, -0.2) is 58.8 Å². The lowest BCUT2D eigenvalue weighted by molar-refractivity contribution is -0.0661. The fourth-order valence-corrected chi connectivity index (χ4v) is 6.70. The van der Waals surface area contributed by atoms with Gasteiger partial charge in [-0.25, -0.2) is 9.59 Å². The highest BCUT2D eigenvalue weighted by molar-refractivity contribution is 6.25. The highest BCUT2D eigenvalue weighted by Gasteiger charge is 2.47. The summed E-state index contributed by atoms with van der Waals surface area (Å²) in [4.78, 5) is 27.3. The summed E-state index contributed by atoms with van der Waals surface area (Å²) in [6, 6.07) is 18.2. The second-order valence-electron chi connectivity index (χ2n) is 14.3. The summed E-state index contributed by atoms with van der Waals surface area (Å²) in [6.07, 6.45) is 12.2. The van der Waals surface area contributed by atoms with E-state index >= 15 is 0 Å². The molecule has 1 N–H and O–H groups in total. The van der Waals surface area contributed by atoms with Crippen molar-refractivity contribution in [2.24, 2.45) is 0 Å². The highest BCUT2D eigenvalue weighted by atomic mass is 16.6. The molecule has 1 saturated heterocycles. The molecule has 1 amide bonds. The Morgan fingerprint density at radius 1 is 0.894 bits per heavy atom. The zero-order valence-electron chi connectivity index (χ0n) is 28.7. The van der Waals surface area contributed by atoms with E-state index in [0.29, 0.717) is 12.2 Å². The van der Waals surface area contributed by atoms with Crippen LogP contribution in [0.15, 0.2) is 66.7 Å². The molecule has 0 aromatic heterocycles. The van der Waals surface area contributed by atoms with Crippen LogP contribution in [0.3, 0.4) is 0 Å². The van der Waals surface area contributed by atoms with E-state index in [9.17, 15) is 14.7 Å². The van der Waals surface area contributed by atoms with Crippen molar-refractivity contribution in [3.63, 3.8) is 0 Å². The van der Waals surface area contributed by atoms with Gasteiger partial charge in [-0.1, -0.05) is 99.2 Å². The summed E-state index contributed by atoms with van der Waals surface area (Å²) in [6.45, 7) is 9.83. The van der Waals surface area contributed by atoms with Crippen molar-refractivity contribution in [3.05, 3.63) is 72.3 Å². The molecule has 0 bridgehead atoms. The molecule has 0 spiro atoms. The van der Waals surface area contributed by atoms with E-state index in [4.69, 9.17) is 14.2 Å². The van der Waals surface area contributed by atoms with Gasteiger partial charge in [0.25, 0.3) is 0 Å². The number of aliphatic hydroxyl groups excluding tert-OH is 1. The number of aliphatic hydroxyl groups is 1. The van der Waals surface area contributed by atoms with E-state index < -0.39 is 29.6 Å². The molecular formula is C40H51NO6. The summed E-state index contributed by atoms with van der Waals surface area (Å²) < 4.78 is 17.1. The Hall–Kier alpha value is -3.68. The Morgan fingerprint density at radius 2 is 1.49 bits per heavy atom. The summed E-state index contributed by atoms with van der Waals surface area (Å²) in [7, 11) is 0. The van der Waals surface area contributed by atoms with Gasteiger partial charge in [0, 0.05) is 0 Å². The van der Waals surface area contributed by atoms with Crippen LogP contribution in [0.2, 0.25) is 0 Å². The predicted octanol–water partition coefficient (Wildman–Crippen LogP) is 9.54. The first-order valence-electron chi connectivity index (χ1n) is 17.3. The standard InChI is InChI=1S/C40H51NO6/c1-39(2,3)47-38(44)41-33(27-46-40(41,4)5)34(42)19-14-12-10-8-6-7-9-11-13-15-26-45-37(43)32-25-23-30-21-20-28-17-16-18-29-22-24-31(32)36(30)35(28)29/h14,16-25,33-34,42H,6-13,15,26-27H2,1-5H3/t33-,34+/m0/s1. The van der Waals surface area contributed by atoms with Gasteiger partial charge in [-0.15, -0.1) is 0 Å². The van der Waals surface area contributed by atoms with Crippen molar-refractivity contribution in [1.29, 1.82) is 0 Å². The number of esters is 1. The quantitative estimate of drug-likeness (QED) is 0.0639.